The molecule has 1 aromatic heterocycles. The Bertz CT molecular complexity index is 750. The number of carbonyl (C=O) groups excluding carboxylic acids is 1. The van der Waals surface area contributed by atoms with E-state index in [1.807, 2.05) is 6.07 Å². The van der Waals surface area contributed by atoms with Crippen LogP contribution in [0.3, 0.4) is 0 Å². The second-order valence-electron chi connectivity index (χ2n) is 6.65. The van der Waals surface area contributed by atoms with E-state index < -0.39 is 0 Å². The van der Waals surface area contributed by atoms with Crippen LogP contribution in [0.5, 0.6) is 0 Å². The van der Waals surface area contributed by atoms with Gasteiger partial charge in [0.05, 0.1) is 18.9 Å². The van der Waals surface area contributed by atoms with E-state index in [1.165, 1.54) is 5.56 Å². The van der Waals surface area contributed by atoms with E-state index in [0.717, 1.165) is 68.9 Å². The van der Waals surface area contributed by atoms with Crippen LogP contribution in [0.4, 0.5) is 0 Å². The summed E-state index contributed by atoms with van der Waals surface area (Å²) < 4.78 is 5.35. The van der Waals surface area contributed by atoms with Gasteiger partial charge in [-0.05, 0) is 31.4 Å². The molecule has 2 aromatic rings. The molecule has 6 nitrogen and oxygen atoms in total. The normalized spacial score (nSPS) is 17.0. The zero-order valence-electron chi connectivity index (χ0n) is 14.4. The van der Waals surface area contributed by atoms with E-state index in [9.17, 15) is 4.79 Å². The Labute approximate surface area is 147 Å². The highest BCUT2D eigenvalue weighted by Crippen LogP contribution is 2.33. The van der Waals surface area contributed by atoms with Crippen molar-refractivity contribution >= 4 is 5.91 Å². The SMILES string of the molecule is O=C(NCCCN1CCOCC1)c1[nH]nc2c1CCc1ccccc1-2. The molecule has 1 aromatic carbocycles. The number of nitrogens with zero attached hydrogens (tertiary/aromatic N) is 2. The average molecular weight is 340 g/mol. The van der Waals surface area contributed by atoms with Crippen LogP contribution >= 0.6 is 0 Å². The van der Waals surface area contributed by atoms with Gasteiger partial charge in [0, 0.05) is 30.8 Å². The first kappa shape index (κ1) is 16.3. The van der Waals surface area contributed by atoms with Crippen molar-refractivity contribution in [3.8, 4) is 11.3 Å². The molecular formula is C19H24N4O2. The number of hydrogen-bond donors (Lipinski definition) is 2. The molecule has 2 N–H and O–H groups in total. The molecule has 2 heterocycles. The van der Waals surface area contributed by atoms with Crippen molar-refractivity contribution in [3.05, 3.63) is 41.1 Å². The van der Waals surface area contributed by atoms with Gasteiger partial charge in [-0.3, -0.25) is 14.8 Å². The van der Waals surface area contributed by atoms with Gasteiger partial charge in [-0.1, -0.05) is 24.3 Å². The number of aromatic nitrogens is 2. The number of nitrogens with one attached hydrogen (secondary N) is 2. The van der Waals surface area contributed by atoms with Crippen LogP contribution < -0.4 is 5.32 Å². The molecule has 25 heavy (non-hydrogen) atoms. The number of hydrogen-bond acceptors (Lipinski definition) is 4. The standard InChI is InChI=1S/C19H24N4O2/c24-19(20-8-3-9-23-10-12-25-13-11-23)18-16-7-6-14-4-1-2-5-15(14)17(16)21-22-18/h1-2,4-5H,3,6-13H2,(H,20,24)(H,21,22). The molecule has 132 valence electrons. The molecule has 1 aliphatic heterocycles. The highest BCUT2D eigenvalue weighted by molar-refractivity contribution is 5.96. The van der Waals surface area contributed by atoms with Gasteiger partial charge in [-0.2, -0.15) is 5.10 Å². The lowest BCUT2D eigenvalue weighted by Crippen LogP contribution is -2.38. The fourth-order valence-electron chi connectivity index (χ4n) is 3.67. The molecule has 1 aliphatic carbocycles. The fourth-order valence-corrected chi connectivity index (χ4v) is 3.67. The molecule has 0 atom stereocenters. The predicted molar refractivity (Wildman–Crippen MR) is 95.6 cm³/mol. The summed E-state index contributed by atoms with van der Waals surface area (Å²) in [6, 6.07) is 8.29. The second kappa shape index (κ2) is 7.37. The maximum atomic E-state index is 12.5. The molecular weight excluding hydrogens is 316 g/mol. The van der Waals surface area contributed by atoms with Crippen molar-refractivity contribution in [2.75, 3.05) is 39.4 Å². The molecule has 0 unspecified atom stereocenters. The molecule has 1 amide bonds. The number of benzene rings is 1. The first-order valence-corrected chi connectivity index (χ1v) is 9.07. The first-order chi connectivity index (χ1) is 12.3. The minimum absolute atomic E-state index is 0.0462. The smallest absolute Gasteiger partial charge is 0.269 e. The topological polar surface area (TPSA) is 70.2 Å². The lowest BCUT2D eigenvalue weighted by Gasteiger charge is -2.26. The van der Waals surface area contributed by atoms with Crippen LogP contribution in [0.2, 0.25) is 0 Å². The third-order valence-corrected chi connectivity index (χ3v) is 5.05. The van der Waals surface area contributed by atoms with Gasteiger partial charge in [0.25, 0.3) is 5.91 Å². The van der Waals surface area contributed by atoms with Crippen LogP contribution in [0, 0.1) is 0 Å². The second-order valence-corrected chi connectivity index (χ2v) is 6.65. The highest BCUT2D eigenvalue weighted by atomic mass is 16.5. The number of carbonyl (C=O) groups is 1. The first-order valence-electron chi connectivity index (χ1n) is 9.07. The molecule has 2 aliphatic rings. The summed E-state index contributed by atoms with van der Waals surface area (Å²) >= 11 is 0. The van der Waals surface area contributed by atoms with Crippen LogP contribution in [-0.2, 0) is 17.6 Å². The van der Waals surface area contributed by atoms with Crippen LogP contribution in [-0.4, -0.2) is 60.4 Å². The summed E-state index contributed by atoms with van der Waals surface area (Å²) in [5.74, 6) is -0.0462. The largest absolute Gasteiger partial charge is 0.379 e. The van der Waals surface area contributed by atoms with E-state index in [1.54, 1.807) is 0 Å². The maximum Gasteiger partial charge on any atom is 0.269 e. The summed E-state index contributed by atoms with van der Waals surface area (Å²) in [6.45, 7) is 5.28. The number of morpholine rings is 1. The lowest BCUT2D eigenvalue weighted by atomic mass is 9.89. The van der Waals surface area contributed by atoms with E-state index >= 15 is 0 Å². The zero-order valence-corrected chi connectivity index (χ0v) is 14.4. The Morgan fingerprint density at radius 1 is 1.24 bits per heavy atom. The molecule has 1 saturated heterocycles. The predicted octanol–water partition coefficient (Wildman–Crippen LogP) is 1.63. The number of aryl methyl sites for hydroxylation is 1. The number of amides is 1. The van der Waals surface area contributed by atoms with Crippen molar-refractivity contribution in [3.63, 3.8) is 0 Å². The Hall–Kier alpha value is -2.18. The number of ether oxygens (including phenoxy) is 1. The number of H-pyrrole nitrogens is 1. The molecule has 0 saturated carbocycles. The van der Waals surface area contributed by atoms with Gasteiger partial charge >= 0.3 is 0 Å². The van der Waals surface area contributed by atoms with Crippen molar-refractivity contribution in [2.45, 2.75) is 19.3 Å². The Balaban J connectivity index is 1.35. The van der Waals surface area contributed by atoms with Crippen molar-refractivity contribution in [1.82, 2.24) is 20.4 Å². The summed E-state index contributed by atoms with van der Waals surface area (Å²) in [6.07, 6.45) is 2.77. The van der Waals surface area contributed by atoms with Gasteiger partial charge in [0.15, 0.2) is 0 Å². The highest BCUT2D eigenvalue weighted by Gasteiger charge is 2.24. The minimum atomic E-state index is -0.0462. The summed E-state index contributed by atoms with van der Waals surface area (Å²) in [7, 11) is 0. The molecule has 4 rings (SSSR count). The fraction of sp³-hybridized carbons (Fsp3) is 0.474. The Morgan fingerprint density at radius 2 is 2.08 bits per heavy atom. The van der Waals surface area contributed by atoms with Gasteiger partial charge < -0.3 is 10.1 Å². The van der Waals surface area contributed by atoms with Gasteiger partial charge in [-0.25, -0.2) is 0 Å². The number of fused-ring (bicyclic) bond motifs is 3. The lowest BCUT2D eigenvalue weighted by molar-refractivity contribution is 0.0374. The van der Waals surface area contributed by atoms with Gasteiger partial charge in [0.2, 0.25) is 0 Å². The molecule has 0 radical (unpaired) electrons. The molecule has 0 bridgehead atoms. The quantitative estimate of drug-likeness (QED) is 0.812. The van der Waals surface area contributed by atoms with Crippen LogP contribution in [0.1, 0.15) is 28.0 Å². The summed E-state index contributed by atoms with van der Waals surface area (Å²) in [5, 5.41) is 10.4. The van der Waals surface area contributed by atoms with Crippen molar-refractivity contribution in [2.24, 2.45) is 0 Å². The third-order valence-electron chi connectivity index (χ3n) is 5.05. The summed E-state index contributed by atoms with van der Waals surface area (Å²) in [5.41, 5.74) is 5.05. The number of rotatable bonds is 5. The van der Waals surface area contributed by atoms with E-state index in [0.29, 0.717) is 12.2 Å². The van der Waals surface area contributed by atoms with Crippen molar-refractivity contribution < 1.29 is 9.53 Å². The molecule has 0 spiro atoms. The van der Waals surface area contributed by atoms with E-state index in [4.69, 9.17) is 4.74 Å². The van der Waals surface area contributed by atoms with Crippen LogP contribution in [0.15, 0.2) is 24.3 Å². The van der Waals surface area contributed by atoms with Crippen molar-refractivity contribution in [1.29, 1.82) is 0 Å². The maximum absolute atomic E-state index is 12.5. The van der Waals surface area contributed by atoms with E-state index in [2.05, 4.69) is 38.6 Å². The minimum Gasteiger partial charge on any atom is -0.379 e. The Kier molecular flexibility index (Phi) is 4.81. The monoisotopic (exact) mass is 340 g/mol. The summed E-state index contributed by atoms with van der Waals surface area (Å²) in [4.78, 5) is 14.9. The Morgan fingerprint density at radius 3 is 2.96 bits per heavy atom. The van der Waals surface area contributed by atoms with Gasteiger partial charge in [0.1, 0.15) is 5.69 Å². The molecule has 1 fully saturated rings. The average Bonchev–Trinajstić information content (AvgIpc) is 3.10. The third kappa shape index (κ3) is 3.45. The zero-order chi connectivity index (χ0) is 17.1. The van der Waals surface area contributed by atoms with E-state index in [-0.39, 0.29) is 5.91 Å². The molecule has 6 heteroatoms. The van der Waals surface area contributed by atoms with Crippen LogP contribution in [0.25, 0.3) is 11.3 Å². The number of aromatic amines is 1. The van der Waals surface area contributed by atoms with Gasteiger partial charge in [-0.15, -0.1) is 0 Å².